The summed E-state index contributed by atoms with van der Waals surface area (Å²) >= 11 is 5.69. The van der Waals surface area contributed by atoms with E-state index < -0.39 is 6.43 Å². The number of carbonyl (C=O) groups excluding carboxylic acids is 1. The molecule has 0 amide bonds. The van der Waals surface area contributed by atoms with E-state index in [4.69, 9.17) is 11.6 Å². The zero-order valence-electron chi connectivity index (χ0n) is 7.77. The summed E-state index contributed by atoms with van der Waals surface area (Å²) < 4.78 is 25.2. The second kappa shape index (κ2) is 4.05. The van der Waals surface area contributed by atoms with E-state index in [1.165, 1.54) is 26.0 Å². The predicted molar refractivity (Wildman–Crippen MR) is 51.2 cm³/mol. The minimum absolute atomic E-state index is 0.0434. The van der Waals surface area contributed by atoms with Crippen LogP contribution in [0.5, 0.6) is 0 Å². The number of ketones is 1. The quantitative estimate of drug-likeness (QED) is 0.691. The zero-order chi connectivity index (χ0) is 10.9. The summed E-state index contributed by atoms with van der Waals surface area (Å²) in [6.07, 6.45) is -2.67. The third-order valence-electron chi connectivity index (χ3n) is 2.05. The first-order valence-electron chi connectivity index (χ1n) is 4.03. The highest BCUT2D eigenvalue weighted by Crippen LogP contribution is 2.31. The molecule has 0 aliphatic heterocycles. The maximum atomic E-state index is 12.6. The van der Waals surface area contributed by atoms with Gasteiger partial charge in [-0.25, -0.2) is 8.78 Å². The van der Waals surface area contributed by atoms with E-state index in [9.17, 15) is 13.6 Å². The van der Waals surface area contributed by atoms with Crippen molar-refractivity contribution in [3.63, 3.8) is 0 Å². The van der Waals surface area contributed by atoms with E-state index in [0.29, 0.717) is 0 Å². The number of halogens is 3. The number of Topliss-reactive ketones (excluding diaryl/α,β-unsaturated/α-hetero) is 1. The van der Waals surface area contributed by atoms with E-state index in [0.717, 1.165) is 0 Å². The van der Waals surface area contributed by atoms with Gasteiger partial charge in [0.1, 0.15) is 0 Å². The van der Waals surface area contributed by atoms with Crippen molar-refractivity contribution in [3.8, 4) is 0 Å². The highest BCUT2D eigenvalue weighted by Gasteiger charge is 2.19. The molecule has 0 aliphatic rings. The minimum Gasteiger partial charge on any atom is -0.294 e. The van der Waals surface area contributed by atoms with E-state index in [1.54, 1.807) is 0 Å². The normalized spacial score (nSPS) is 10.7. The fourth-order valence-corrected chi connectivity index (χ4v) is 1.45. The Balaban J connectivity index is 3.45. The fraction of sp³-hybridized carbons (Fsp3) is 0.300. The van der Waals surface area contributed by atoms with Gasteiger partial charge in [0.05, 0.1) is 0 Å². The summed E-state index contributed by atoms with van der Waals surface area (Å²) in [5.41, 5.74) is 0.0567. The van der Waals surface area contributed by atoms with Crippen LogP contribution in [0.3, 0.4) is 0 Å². The maximum Gasteiger partial charge on any atom is 0.264 e. The molecule has 0 unspecified atom stereocenters. The van der Waals surface area contributed by atoms with E-state index in [1.807, 2.05) is 0 Å². The average Bonchev–Trinajstić information content (AvgIpc) is 2.08. The van der Waals surface area contributed by atoms with Gasteiger partial charge in [0.25, 0.3) is 6.43 Å². The van der Waals surface area contributed by atoms with Crippen LogP contribution in [0.4, 0.5) is 8.78 Å². The van der Waals surface area contributed by atoms with Gasteiger partial charge in [0.15, 0.2) is 5.78 Å². The molecule has 1 rings (SSSR count). The number of rotatable bonds is 2. The number of hydrogen-bond donors (Lipinski definition) is 0. The fourth-order valence-electron chi connectivity index (χ4n) is 1.29. The number of hydrogen-bond acceptors (Lipinski definition) is 1. The van der Waals surface area contributed by atoms with Crippen molar-refractivity contribution in [1.29, 1.82) is 0 Å². The molecule has 1 aromatic carbocycles. The molecular weight excluding hydrogens is 210 g/mol. The smallest absolute Gasteiger partial charge is 0.264 e. The third kappa shape index (κ3) is 1.93. The Hall–Kier alpha value is -0.960. The van der Waals surface area contributed by atoms with Crippen molar-refractivity contribution in [2.75, 3.05) is 0 Å². The molecule has 1 aromatic rings. The highest BCUT2D eigenvalue weighted by molar-refractivity contribution is 6.31. The van der Waals surface area contributed by atoms with Crippen molar-refractivity contribution >= 4 is 17.4 Å². The monoisotopic (exact) mass is 218 g/mol. The van der Waals surface area contributed by atoms with Gasteiger partial charge in [0.2, 0.25) is 0 Å². The molecule has 0 fully saturated rings. The van der Waals surface area contributed by atoms with Crippen LogP contribution in [-0.4, -0.2) is 5.78 Å². The second-order valence-electron chi connectivity index (χ2n) is 2.99. The third-order valence-corrected chi connectivity index (χ3v) is 2.46. The van der Waals surface area contributed by atoms with Crippen molar-refractivity contribution in [3.05, 3.63) is 33.8 Å². The molecule has 0 bridgehead atoms. The summed E-state index contributed by atoms with van der Waals surface area (Å²) in [4.78, 5) is 11.1. The zero-order valence-corrected chi connectivity index (χ0v) is 8.53. The van der Waals surface area contributed by atoms with Crippen LogP contribution in [0.1, 0.15) is 34.8 Å². The number of alkyl halides is 2. The Morgan fingerprint density at radius 2 is 2.00 bits per heavy atom. The van der Waals surface area contributed by atoms with Crippen LogP contribution in [0.15, 0.2) is 12.1 Å². The summed E-state index contributed by atoms with van der Waals surface area (Å²) in [6, 6.07) is 2.79. The molecule has 0 atom stereocenters. The summed E-state index contributed by atoms with van der Waals surface area (Å²) in [6.45, 7) is 2.74. The van der Waals surface area contributed by atoms with Gasteiger partial charge in [-0.1, -0.05) is 11.6 Å². The van der Waals surface area contributed by atoms with Crippen molar-refractivity contribution in [2.45, 2.75) is 20.3 Å². The van der Waals surface area contributed by atoms with Crippen LogP contribution in [0.25, 0.3) is 0 Å². The molecule has 0 radical (unpaired) electrons. The standard InChI is InChI=1S/C10H9ClF2O/c1-5-8(11)4-3-7(6(2)14)9(5)10(12)13/h3-4,10H,1-2H3. The molecule has 0 aliphatic carbocycles. The van der Waals surface area contributed by atoms with Crippen molar-refractivity contribution < 1.29 is 13.6 Å². The second-order valence-corrected chi connectivity index (χ2v) is 3.40. The Labute approximate surface area is 85.7 Å². The molecular formula is C10H9ClF2O. The van der Waals surface area contributed by atoms with E-state index in [-0.39, 0.29) is 27.5 Å². The highest BCUT2D eigenvalue weighted by atomic mass is 35.5. The van der Waals surface area contributed by atoms with Gasteiger partial charge < -0.3 is 0 Å². The average molecular weight is 219 g/mol. The van der Waals surface area contributed by atoms with Crippen LogP contribution in [0.2, 0.25) is 5.02 Å². The van der Waals surface area contributed by atoms with Crippen molar-refractivity contribution in [2.24, 2.45) is 0 Å². The van der Waals surface area contributed by atoms with Gasteiger partial charge >= 0.3 is 0 Å². The van der Waals surface area contributed by atoms with E-state index in [2.05, 4.69) is 0 Å². The molecule has 0 saturated carbocycles. The Morgan fingerprint density at radius 3 is 2.43 bits per heavy atom. The van der Waals surface area contributed by atoms with Gasteiger partial charge in [-0.05, 0) is 31.5 Å². The number of carbonyl (C=O) groups is 1. The lowest BCUT2D eigenvalue weighted by molar-refractivity contribution is 0.0998. The molecule has 0 saturated heterocycles. The topological polar surface area (TPSA) is 17.1 Å². The van der Waals surface area contributed by atoms with E-state index >= 15 is 0 Å². The first kappa shape index (κ1) is 11.1. The van der Waals surface area contributed by atoms with Crippen LogP contribution in [0, 0.1) is 6.92 Å². The first-order valence-corrected chi connectivity index (χ1v) is 4.41. The van der Waals surface area contributed by atoms with Crippen LogP contribution in [-0.2, 0) is 0 Å². The van der Waals surface area contributed by atoms with Gasteiger partial charge in [-0.15, -0.1) is 0 Å². The molecule has 4 heteroatoms. The van der Waals surface area contributed by atoms with Gasteiger partial charge in [0, 0.05) is 16.1 Å². The maximum absolute atomic E-state index is 12.6. The Kier molecular flexibility index (Phi) is 3.21. The molecule has 76 valence electrons. The van der Waals surface area contributed by atoms with Gasteiger partial charge in [-0.2, -0.15) is 0 Å². The largest absolute Gasteiger partial charge is 0.294 e. The Bertz CT molecular complexity index is 375. The molecule has 0 aromatic heterocycles. The summed E-state index contributed by atoms with van der Waals surface area (Å²) in [5.74, 6) is -0.375. The lowest BCUT2D eigenvalue weighted by Gasteiger charge is -2.10. The SMILES string of the molecule is CC(=O)c1ccc(Cl)c(C)c1C(F)F. The first-order chi connectivity index (χ1) is 6.45. The lowest BCUT2D eigenvalue weighted by atomic mass is 10.00. The summed E-state index contributed by atoms with van der Waals surface area (Å²) in [7, 11) is 0. The molecule has 1 nitrogen and oxygen atoms in total. The van der Waals surface area contributed by atoms with Crippen LogP contribution >= 0.6 is 11.6 Å². The molecule has 0 N–H and O–H groups in total. The molecule has 0 heterocycles. The van der Waals surface area contributed by atoms with Crippen LogP contribution < -0.4 is 0 Å². The minimum atomic E-state index is -2.67. The number of benzene rings is 1. The lowest BCUT2D eigenvalue weighted by Crippen LogP contribution is -2.03. The predicted octanol–water partition coefficient (Wildman–Crippen LogP) is 3.79. The van der Waals surface area contributed by atoms with Crippen molar-refractivity contribution in [1.82, 2.24) is 0 Å². The molecule has 14 heavy (non-hydrogen) atoms. The Morgan fingerprint density at radius 1 is 1.43 bits per heavy atom. The molecule has 0 spiro atoms. The van der Waals surface area contributed by atoms with Gasteiger partial charge in [-0.3, -0.25) is 4.79 Å². The summed E-state index contributed by atoms with van der Waals surface area (Å²) in [5, 5.41) is 0.255.